The van der Waals surface area contributed by atoms with Crippen molar-refractivity contribution in [3.8, 4) is 5.75 Å². The molecule has 0 spiro atoms. The van der Waals surface area contributed by atoms with Crippen LogP contribution in [0.5, 0.6) is 5.75 Å². The highest BCUT2D eigenvalue weighted by Gasteiger charge is 2.26. The van der Waals surface area contributed by atoms with Crippen molar-refractivity contribution in [2.45, 2.75) is 13.0 Å². The van der Waals surface area contributed by atoms with E-state index in [-0.39, 0.29) is 18.6 Å². The van der Waals surface area contributed by atoms with E-state index in [4.69, 9.17) is 16.3 Å². The third-order valence-electron chi connectivity index (χ3n) is 3.25. The Hall–Kier alpha value is -2.34. The predicted molar refractivity (Wildman–Crippen MR) is 84.4 cm³/mol. The Morgan fingerprint density at radius 2 is 2.36 bits per heavy atom. The van der Waals surface area contributed by atoms with Crippen molar-refractivity contribution in [3.63, 3.8) is 0 Å². The fourth-order valence-corrected chi connectivity index (χ4v) is 2.59. The molecule has 1 N–H and O–H groups in total. The van der Waals surface area contributed by atoms with Crippen LogP contribution in [0, 0.1) is 0 Å². The zero-order chi connectivity index (χ0) is 15.5. The lowest BCUT2D eigenvalue weighted by atomic mass is 10.2. The number of rotatable bonds is 3. The van der Waals surface area contributed by atoms with Crippen LogP contribution in [0.4, 0.5) is 11.5 Å². The van der Waals surface area contributed by atoms with Gasteiger partial charge in [-0.2, -0.15) is 0 Å². The molecule has 114 valence electrons. The van der Waals surface area contributed by atoms with E-state index in [1.807, 2.05) is 24.0 Å². The van der Waals surface area contributed by atoms with Gasteiger partial charge in [-0.1, -0.05) is 17.7 Å². The van der Waals surface area contributed by atoms with Gasteiger partial charge < -0.3 is 15.0 Å². The van der Waals surface area contributed by atoms with Gasteiger partial charge in [-0.05, 0) is 19.1 Å². The minimum atomic E-state index is -0.166. The number of anilines is 2. The Morgan fingerprint density at radius 3 is 3.14 bits per heavy atom. The fraction of sp³-hybridized carbons (Fsp3) is 0.267. The van der Waals surface area contributed by atoms with E-state index in [9.17, 15) is 4.79 Å². The maximum atomic E-state index is 12.2. The van der Waals surface area contributed by atoms with Gasteiger partial charge in [-0.25, -0.2) is 4.98 Å². The molecule has 1 amide bonds. The number of ether oxygens (including phenoxy) is 1. The fourth-order valence-electron chi connectivity index (χ4n) is 2.38. The van der Waals surface area contributed by atoms with Crippen molar-refractivity contribution in [2.24, 2.45) is 0 Å². The van der Waals surface area contributed by atoms with Gasteiger partial charge in [0.15, 0.2) is 11.6 Å². The van der Waals surface area contributed by atoms with Gasteiger partial charge in [0.05, 0.1) is 30.0 Å². The molecule has 0 saturated carbocycles. The average Bonchev–Trinajstić information content (AvgIpc) is 2.49. The van der Waals surface area contributed by atoms with Crippen LogP contribution in [0.25, 0.3) is 0 Å². The second kappa shape index (κ2) is 6.19. The molecule has 0 bridgehead atoms. The molecule has 7 heteroatoms. The number of carbonyl (C=O) groups excluding carboxylic acids is 1. The monoisotopic (exact) mass is 318 g/mol. The molecule has 1 unspecified atom stereocenters. The van der Waals surface area contributed by atoms with E-state index in [0.29, 0.717) is 23.1 Å². The average molecular weight is 319 g/mol. The largest absolute Gasteiger partial charge is 0.485 e. The third kappa shape index (κ3) is 3.12. The summed E-state index contributed by atoms with van der Waals surface area (Å²) in [6.45, 7) is 2.75. The highest BCUT2D eigenvalue weighted by Crippen LogP contribution is 2.39. The first-order valence-corrected chi connectivity index (χ1v) is 7.27. The minimum absolute atomic E-state index is 0.0447. The number of aromatic nitrogens is 2. The van der Waals surface area contributed by atoms with Crippen molar-refractivity contribution in [3.05, 3.63) is 41.8 Å². The van der Waals surface area contributed by atoms with E-state index in [0.717, 1.165) is 5.69 Å². The molecule has 1 aromatic carbocycles. The molecule has 1 aliphatic heterocycles. The molecule has 0 aliphatic carbocycles. The van der Waals surface area contributed by atoms with Crippen LogP contribution < -0.4 is 15.0 Å². The van der Waals surface area contributed by atoms with E-state index in [1.165, 1.54) is 12.4 Å². The number of amides is 1. The zero-order valence-corrected chi connectivity index (χ0v) is 12.7. The van der Waals surface area contributed by atoms with Crippen LogP contribution in [-0.4, -0.2) is 35.1 Å². The van der Waals surface area contributed by atoms with Crippen LogP contribution in [-0.2, 0) is 4.79 Å². The van der Waals surface area contributed by atoms with Crippen LogP contribution in [0.1, 0.15) is 6.92 Å². The van der Waals surface area contributed by atoms with E-state index >= 15 is 0 Å². The second-order valence-electron chi connectivity index (χ2n) is 5.04. The Morgan fingerprint density at radius 1 is 1.50 bits per heavy atom. The molecule has 2 heterocycles. The minimum Gasteiger partial charge on any atom is -0.485 e. The SMILES string of the molecule is CC1CN(CC(=O)Nc2cnccn2)c2cccc(Cl)c2O1. The number of hydrogen-bond acceptors (Lipinski definition) is 5. The number of nitrogens with one attached hydrogen (secondary N) is 1. The first-order valence-electron chi connectivity index (χ1n) is 6.89. The van der Waals surface area contributed by atoms with Crippen molar-refractivity contribution in [1.29, 1.82) is 0 Å². The summed E-state index contributed by atoms with van der Waals surface area (Å²) in [5, 5.41) is 3.27. The number of halogens is 1. The van der Waals surface area contributed by atoms with Gasteiger partial charge in [0, 0.05) is 12.4 Å². The van der Waals surface area contributed by atoms with E-state index in [1.54, 1.807) is 12.3 Å². The quantitative estimate of drug-likeness (QED) is 0.941. The summed E-state index contributed by atoms with van der Waals surface area (Å²) in [6, 6.07) is 5.51. The topological polar surface area (TPSA) is 67.4 Å². The molecular weight excluding hydrogens is 304 g/mol. The smallest absolute Gasteiger partial charge is 0.245 e. The Balaban J connectivity index is 1.76. The van der Waals surface area contributed by atoms with Crippen molar-refractivity contribution in [1.82, 2.24) is 9.97 Å². The summed E-state index contributed by atoms with van der Waals surface area (Å²) in [5.41, 5.74) is 0.819. The zero-order valence-electron chi connectivity index (χ0n) is 12.0. The summed E-state index contributed by atoms with van der Waals surface area (Å²) in [7, 11) is 0. The predicted octanol–water partition coefficient (Wildman–Crippen LogP) is 2.36. The molecular formula is C15H15ClN4O2. The molecule has 3 rings (SSSR count). The Bertz CT molecular complexity index is 680. The Kier molecular flexibility index (Phi) is 4.11. The maximum Gasteiger partial charge on any atom is 0.245 e. The maximum absolute atomic E-state index is 12.2. The summed E-state index contributed by atoms with van der Waals surface area (Å²) < 4.78 is 5.76. The first-order chi connectivity index (χ1) is 10.6. The van der Waals surface area contributed by atoms with Gasteiger partial charge >= 0.3 is 0 Å². The number of para-hydroxylation sites is 1. The van der Waals surface area contributed by atoms with Gasteiger partial charge in [-0.3, -0.25) is 9.78 Å². The lowest BCUT2D eigenvalue weighted by Gasteiger charge is -2.34. The molecule has 2 aromatic rings. The summed E-state index contributed by atoms with van der Waals surface area (Å²) >= 11 is 6.17. The van der Waals surface area contributed by atoms with Crippen LogP contribution in [0.3, 0.4) is 0 Å². The normalized spacial score (nSPS) is 16.6. The van der Waals surface area contributed by atoms with Crippen LogP contribution in [0.15, 0.2) is 36.8 Å². The lowest BCUT2D eigenvalue weighted by molar-refractivity contribution is -0.115. The van der Waals surface area contributed by atoms with Gasteiger partial charge in [0.1, 0.15) is 6.10 Å². The standard InChI is InChI=1S/C15H15ClN4O2/c1-10-8-20(12-4-2-3-11(16)15(12)22-10)9-14(21)19-13-7-17-5-6-18-13/h2-7,10H,8-9H2,1H3,(H,18,19,21). The number of fused-ring (bicyclic) bond motifs is 1. The molecule has 0 radical (unpaired) electrons. The Labute approximate surface area is 133 Å². The molecule has 6 nitrogen and oxygen atoms in total. The molecule has 22 heavy (non-hydrogen) atoms. The number of nitrogens with zero attached hydrogens (tertiary/aromatic N) is 3. The summed E-state index contributed by atoms with van der Waals surface area (Å²) in [6.07, 6.45) is 4.54. The second-order valence-corrected chi connectivity index (χ2v) is 5.44. The van der Waals surface area contributed by atoms with Crippen molar-refractivity contribution < 1.29 is 9.53 Å². The third-order valence-corrected chi connectivity index (χ3v) is 3.55. The first kappa shape index (κ1) is 14.6. The summed E-state index contributed by atoms with van der Waals surface area (Å²) in [5.74, 6) is 0.885. The molecule has 0 saturated heterocycles. The molecule has 0 fully saturated rings. The van der Waals surface area contributed by atoms with E-state index < -0.39 is 0 Å². The lowest BCUT2D eigenvalue weighted by Crippen LogP contribution is -2.42. The van der Waals surface area contributed by atoms with Gasteiger partial charge in [0.25, 0.3) is 0 Å². The molecule has 1 atom stereocenters. The highest BCUT2D eigenvalue weighted by molar-refractivity contribution is 6.32. The van der Waals surface area contributed by atoms with Gasteiger partial charge in [0.2, 0.25) is 5.91 Å². The number of carbonyl (C=O) groups is 1. The highest BCUT2D eigenvalue weighted by atomic mass is 35.5. The van der Waals surface area contributed by atoms with E-state index in [2.05, 4.69) is 15.3 Å². The number of hydrogen-bond donors (Lipinski definition) is 1. The molecule has 1 aliphatic rings. The van der Waals surface area contributed by atoms with Crippen molar-refractivity contribution in [2.75, 3.05) is 23.3 Å². The van der Waals surface area contributed by atoms with Crippen LogP contribution >= 0.6 is 11.6 Å². The summed E-state index contributed by atoms with van der Waals surface area (Å²) in [4.78, 5) is 22.1. The van der Waals surface area contributed by atoms with Gasteiger partial charge in [-0.15, -0.1) is 0 Å². The number of benzene rings is 1. The van der Waals surface area contributed by atoms with Crippen LogP contribution in [0.2, 0.25) is 5.02 Å². The van der Waals surface area contributed by atoms with Crippen molar-refractivity contribution >= 4 is 29.0 Å². The molecule has 1 aromatic heterocycles.